The second kappa shape index (κ2) is 5.38. The van der Waals surface area contributed by atoms with E-state index in [1.54, 1.807) is 0 Å². The molecule has 0 radical (unpaired) electrons. The first kappa shape index (κ1) is 16.1. The van der Waals surface area contributed by atoms with Crippen LogP contribution in [0.25, 0.3) is 21.8 Å². The van der Waals surface area contributed by atoms with Crippen molar-refractivity contribution < 1.29 is 4.43 Å². The van der Waals surface area contributed by atoms with Crippen LogP contribution in [0.1, 0.15) is 12.5 Å². The Hall–Kier alpha value is -1.80. The number of aromatic nitrogens is 1. The van der Waals surface area contributed by atoms with E-state index >= 15 is 0 Å². The van der Waals surface area contributed by atoms with E-state index in [2.05, 4.69) is 30.7 Å². The maximum Gasteiger partial charge on any atom is 0.186 e. The fourth-order valence-electron chi connectivity index (χ4n) is 2.93. The number of hydrogen-bond donors (Lipinski definition) is 1. The van der Waals surface area contributed by atoms with E-state index in [0.29, 0.717) is 5.02 Å². The van der Waals surface area contributed by atoms with Gasteiger partial charge in [0.15, 0.2) is 13.9 Å². The van der Waals surface area contributed by atoms with E-state index in [0.717, 1.165) is 27.4 Å². The van der Waals surface area contributed by atoms with E-state index in [-0.39, 0.29) is 0 Å². The molecular formula is C18H19ClN2OSi. The average molecular weight is 343 g/mol. The monoisotopic (exact) mass is 342 g/mol. The van der Waals surface area contributed by atoms with Gasteiger partial charge in [0, 0.05) is 26.8 Å². The molecule has 118 valence electrons. The van der Waals surface area contributed by atoms with Crippen molar-refractivity contribution >= 4 is 41.7 Å². The van der Waals surface area contributed by atoms with Crippen molar-refractivity contribution in [2.45, 2.75) is 32.2 Å². The number of nitriles is 1. The highest BCUT2D eigenvalue weighted by atomic mass is 35.5. The molecule has 5 heteroatoms. The molecule has 23 heavy (non-hydrogen) atoms. The van der Waals surface area contributed by atoms with E-state index in [1.165, 1.54) is 0 Å². The van der Waals surface area contributed by atoms with Crippen LogP contribution in [0.15, 0.2) is 36.4 Å². The van der Waals surface area contributed by atoms with Crippen LogP contribution in [-0.2, 0) is 10.0 Å². The number of nitrogens with zero attached hydrogens (tertiary/aromatic N) is 1. The van der Waals surface area contributed by atoms with Crippen LogP contribution < -0.4 is 0 Å². The van der Waals surface area contributed by atoms with Crippen molar-refractivity contribution in [2.24, 2.45) is 0 Å². The minimum Gasteiger partial charge on any atom is -0.397 e. The van der Waals surface area contributed by atoms with E-state index in [4.69, 9.17) is 16.0 Å². The summed E-state index contributed by atoms with van der Waals surface area (Å²) in [4.78, 5) is 3.39. The van der Waals surface area contributed by atoms with Gasteiger partial charge in [-0.15, -0.1) is 0 Å². The number of rotatable bonds is 3. The number of benzene rings is 2. The SMILES string of the molecule is CC(C#N)(O[Si](C)(C)C)c1ccc2c(c1)[nH]c1ccc(Cl)cc12. The summed E-state index contributed by atoms with van der Waals surface area (Å²) in [5.74, 6) is 0. The van der Waals surface area contributed by atoms with Gasteiger partial charge in [-0.3, -0.25) is 0 Å². The van der Waals surface area contributed by atoms with Gasteiger partial charge in [0.05, 0.1) is 0 Å². The van der Waals surface area contributed by atoms with Gasteiger partial charge in [0.25, 0.3) is 0 Å². The molecular weight excluding hydrogens is 324 g/mol. The molecule has 1 atom stereocenters. The maximum absolute atomic E-state index is 9.67. The zero-order valence-corrected chi connectivity index (χ0v) is 15.5. The lowest BCUT2D eigenvalue weighted by Gasteiger charge is -2.30. The zero-order chi connectivity index (χ0) is 16.8. The van der Waals surface area contributed by atoms with Crippen molar-refractivity contribution in [3.8, 4) is 6.07 Å². The van der Waals surface area contributed by atoms with Gasteiger partial charge in [-0.2, -0.15) is 5.26 Å². The summed E-state index contributed by atoms with van der Waals surface area (Å²) in [7, 11) is -1.85. The fraction of sp³-hybridized carbons (Fsp3) is 0.278. The van der Waals surface area contributed by atoms with Crippen LogP contribution in [0.4, 0.5) is 0 Å². The normalized spacial score (nSPS) is 14.8. The molecule has 1 N–H and O–H groups in total. The van der Waals surface area contributed by atoms with E-state index < -0.39 is 13.9 Å². The summed E-state index contributed by atoms with van der Waals surface area (Å²) in [5, 5.41) is 12.6. The lowest BCUT2D eigenvalue weighted by atomic mass is 9.96. The molecule has 0 spiro atoms. The molecule has 0 bridgehead atoms. The first-order chi connectivity index (χ1) is 10.7. The zero-order valence-electron chi connectivity index (χ0n) is 13.7. The molecule has 0 fully saturated rings. The quantitative estimate of drug-likeness (QED) is 0.633. The minimum atomic E-state index is -1.85. The van der Waals surface area contributed by atoms with Crippen LogP contribution in [0.3, 0.4) is 0 Å². The minimum absolute atomic E-state index is 0.714. The van der Waals surface area contributed by atoms with Crippen LogP contribution in [0, 0.1) is 11.3 Å². The molecule has 0 aliphatic carbocycles. The Labute approximate surface area is 142 Å². The Kier molecular flexibility index (Phi) is 3.76. The Morgan fingerprint density at radius 3 is 2.48 bits per heavy atom. The van der Waals surface area contributed by atoms with Crippen molar-refractivity contribution in [3.05, 3.63) is 47.0 Å². The van der Waals surface area contributed by atoms with Crippen LogP contribution in [0.5, 0.6) is 0 Å². The molecule has 0 aliphatic rings. The van der Waals surface area contributed by atoms with Gasteiger partial charge in [0.2, 0.25) is 0 Å². The second-order valence-corrected chi connectivity index (χ2v) is 11.8. The molecule has 1 heterocycles. The highest BCUT2D eigenvalue weighted by Crippen LogP contribution is 2.33. The van der Waals surface area contributed by atoms with Gasteiger partial charge in [0.1, 0.15) is 6.07 Å². The van der Waals surface area contributed by atoms with E-state index in [1.807, 2.05) is 43.3 Å². The highest BCUT2D eigenvalue weighted by molar-refractivity contribution is 6.69. The Morgan fingerprint density at radius 2 is 1.83 bits per heavy atom. The number of aromatic amines is 1. The fourth-order valence-corrected chi connectivity index (χ4v) is 4.49. The molecule has 3 rings (SSSR count). The van der Waals surface area contributed by atoms with Crippen LogP contribution >= 0.6 is 11.6 Å². The van der Waals surface area contributed by atoms with Gasteiger partial charge in [-0.25, -0.2) is 0 Å². The van der Waals surface area contributed by atoms with Crippen molar-refractivity contribution in [3.63, 3.8) is 0 Å². The predicted octanol–water partition coefficient (Wildman–Crippen LogP) is 5.56. The van der Waals surface area contributed by atoms with E-state index in [9.17, 15) is 5.26 Å². The summed E-state index contributed by atoms with van der Waals surface area (Å²) in [6.07, 6.45) is 0. The third-order valence-electron chi connectivity index (χ3n) is 3.84. The molecule has 1 aromatic heterocycles. The number of halogens is 1. The van der Waals surface area contributed by atoms with Gasteiger partial charge < -0.3 is 9.41 Å². The average Bonchev–Trinajstić information content (AvgIpc) is 2.82. The first-order valence-corrected chi connectivity index (χ1v) is 11.3. The number of hydrogen-bond acceptors (Lipinski definition) is 2. The standard InChI is InChI=1S/C18H19ClN2OSi/c1-18(11-20,22-23(2,3)4)12-5-7-14-15-10-13(19)6-8-16(15)21-17(14)9-12/h5-10,21H,1-4H3. The smallest absolute Gasteiger partial charge is 0.186 e. The molecule has 3 nitrogen and oxygen atoms in total. The summed E-state index contributed by atoms with van der Waals surface area (Å²) >= 11 is 6.10. The molecule has 0 aliphatic heterocycles. The Balaban J connectivity index is 2.16. The first-order valence-electron chi connectivity index (χ1n) is 7.55. The lowest BCUT2D eigenvalue weighted by molar-refractivity contribution is 0.141. The predicted molar refractivity (Wildman–Crippen MR) is 98.2 cm³/mol. The maximum atomic E-state index is 9.67. The van der Waals surface area contributed by atoms with Crippen LogP contribution in [-0.4, -0.2) is 13.3 Å². The van der Waals surface area contributed by atoms with Gasteiger partial charge in [-0.05, 0) is 56.4 Å². The molecule has 0 amide bonds. The third kappa shape index (κ3) is 3.00. The van der Waals surface area contributed by atoms with Crippen LogP contribution in [0.2, 0.25) is 24.7 Å². The Morgan fingerprint density at radius 1 is 1.09 bits per heavy atom. The summed E-state index contributed by atoms with van der Waals surface area (Å²) in [5.41, 5.74) is 1.95. The van der Waals surface area contributed by atoms with Gasteiger partial charge in [-0.1, -0.05) is 23.7 Å². The Bertz CT molecular complexity index is 936. The van der Waals surface area contributed by atoms with Crippen molar-refractivity contribution in [1.82, 2.24) is 4.98 Å². The molecule has 0 saturated heterocycles. The number of H-pyrrole nitrogens is 1. The summed E-state index contributed by atoms with van der Waals surface area (Å²) in [6.45, 7) is 8.11. The summed E-state index contributed by atoms with van der Waals surface area (Å²) in [6, 6.07) is 14.1. The highest BCUT2D eigenvalue weighted by Gasteiger charge is 2.33. The largest absolute Gasteiger partial charge is 0.397 e. The number of nitrogens with one attached hydrogen (secondary N) is 1. The number of fused-ring (bicyclic) bond motifs is 3. The second-order valence-electron chi connectivity index (χ2n) is 6.93. The summed E-state index contributed by atoms with van der Waals surface area (Å²) < 4.78 is 6.15. The van der Waals surface area contributed by atoms with Gasteiger partial charge >= 0.3 is 0 Å². The topological polar surface area (TPSA) is 48.8 Å². The van der Waals surface area contributed by atoms with Crippen molar-refractivity contribution in [2.75, 3.05) is 0 Å². The molecule has 1 unspecified atom stereocenters. The molecule has 0 saturated carbocycles. The third-order valence-corrected chi connectivity index (χ3v) is 5.09. The van der Waals surface area contributed by atoms with Crippen molar-refractivity contribution in [1.29, 1.82) is 5.26 Å². The lowest BCUT2D eigenvalue weighted by Crippen LogP contribution is -2.37. The molecule has 3 aromatic rings. The molecule has 2 aromatic carbocycles.